The number of hydrazone groups is 1. The van der Waals surface area contributed by atoms with Gasteiger partial charge in [-0.15, -0.1) is 0 Å². The molecule has 1 aromatic heterocycles. The molecule has 5 aromatic rings. The molecule has 7 heteroatoms. The molecule has 0 bridgehead atoms. The third-order valence-electron chi connectivity index (χ3n) is 6.17. The number of aromatic nitrogens is 1. The van der Waals surface area contributed by atoms with Crippen molar-refractivity contribution >= 4 is 12.1 Å². The molecule has 0 unspecified atom stereocenters. The minimum absolute atomic E-state index is 0.229. The highest BCUT2D eigenvalue weighted by Crippen LogP contribution is 2.35. The molecule has 39 heavy (non-hydrogen) atoms. The first-order chi connectivity index (χ1) is 18.9. The van der Waals surface area contributed by atoms with Crippen molar-refractivity contribution in [2.75, 3.05) is 0 Å². The van der Waals surface area contributed by atoms with Gasteiger partial charge in [-0.2, -0.15) is 18.3 Å². The Bertz CT molecular complexity index is 1590. The van der Waals surface area contributed by atoms with Gasteiger partial charge in [-0.25, -0.2) is 5.43 Å². The molecule has 0 aliphatic carbocycles. The summed E-state index contributed by atoms with van der Waals surface area (Å²) in [4.78, 5) is 12.5. The Morgan fingerprint density at radius 2 is 1.38 bits per heavy atom. The summed E-state index contributed by atoms with van der Waals surface area (Å²) in [6, 6.07) is 36.5. The summed E-state index contributed by atoms with van der Waals surface area (Å²) in [6.45, 7) is 0. The lowest BCUT2D eigenvalue weighted by Gasteiger charge is -2.15. The van der Waals surface area contributed by atoms with E-state index in [-0.39, 0.29) is 12.0 Å². The number of halogens is 3. The van der Waals surface area contributed by atoms with Crippen LogP contribution in [0.4, 0.5) is 13.2 Å². The Balaban J connectivity index is 1.50. The van der Waals surface area contributed by atoms with Gasteiger partial charge in [0.15, 0.2) is 0 Å². The van der Waals surface area contributed by atoms with Crippen LogP contribution in [0, 0.1) is 0 Å². The normalized spacial score (nSPS) is 11.6. The molecular weight excluding hydrogens is 499 g/mol. The Kier molecular flexibility index (Phi) is 7.41. The fraction of sp³-hybridized carbons (Fsp3) is 0.0625. The van der Waals surface area contributed by atoms with E-state index in [9.17, 15) is 18.0 Å². The van der Waals surface area contributed by atoms with Gasteiger partial charge in [0.1, 0.15) is 0 Å². The van der Waals surface area contributed by atoms with Crippen LogP contribution < -0.4 is 5.43 Å². The average molecular weight is 524 g/mol. The van der Waals surface area contributed by atoms with E-state index in [4.69, 9.17) is 0 Å². The van der Waals surface area contributed by atoms with E-state index >= 15 is 0 Å². The molecular formula is C32H24F3N3O. The molecule has 4 nitrogen and oxygen atoms in total. The zero-order valence-corrected chi connectivity index (χ0v) is 20.8. The van der Waals surface area contributed by atoms with E-state index in [1.807, 2.05) is 97.1 Å². The second-order valence-electron chi connectivity index (χ2n) is 8.90. The van der Waals surface area contributed by atoms with Crippen LogP contribution in [0.15, 0.2) is 126 Å². The Morgan fingerprint density at radius 1 is 0.769 bits per heavy atom. The van der Waals surface area contributed by atoms with E-state index in [0.29, 0.717) is 0 Å². The molecule has 0 atom stereocenters. The summed E-state index contributed by atoms with van der Waals surface area (Å²) in [5.41, 5.74) is 7.45. The van der Waals surface area contributed by atoms with Crippen molar-refractivity contribution in [3.8, 4) is 28.2 Å². The summed E-state index contributed by atoms with van der Waals surface area (Å²) in [7, 11) is 0. The van der Waals surface area contributed by atoms with Crippen molar-refractivity contribution in [3.63, 3.8) is 0 Å². The number of nitrogens with one attached hydrogen (secondary N) is 1. The Morgan fingerprint density at radius 3 is 2.03 bits per heavy atom. The summed E-state index contributed by atoms with van der Waals surface area (Å²) in [6.07, 6.45) is -3.13. The van der Waals surface area contributed by atoms with Crippen molar-refractivity contribution < 1.29 is 18.0 Å². The van der Waals surface area contributed by atoms with Gasteiger partial charge >= 0.3 is 6.18 Å². The third kappa shape index (κ3) is 5.99. The van der Waals surface area contributed by atoms with Crippen LogP contribution in [0.25, 0.3) is 28.2 Å². The van der Waals surface area contributed by atoms with Crippen LogP contribution in [-0.2, 0) is 17.4 Å². The molecule has 1 N–H and O–H groups in total. The number of amides is 1. The van der Waals surface area contributed by atoms with Crippen LogP contribution in [0.2, 0.25) is 0 Å². The zero-order valence-electron chi connectivity index (χ0n) is 20.8. The minimum Gasteiger partial charge on any atom is -0.309 e. The fourth-order valence-electron chi connectivity index (χ4n) is 4.44. The fourth-order valence-corrected chi connectivity index (χ4v) is 4.44. The van der Waals surface area contributed by atoms with Crippen molar-refractivity contribution in [1.29, 1.82) is 0 Å². The molecule has 0 aliphatic heterocycles. The number of para-hydroxylation sites is 1. The number of carbonyl (C=O) groups excluding carboxylic acids is 1. The van der Waals surface area contributed by atoms with Gasteiger partial charge in [0.25, 0.3) is 0 Å². The molecule has 0 saturated heterocycles. The molecule has 194 valence electrons. The van der Waals surface area contributed by atoms with E-state index in [1.54, 1.807) is 6.21 Å². The van der Waals surface area contributed by atoms with E-state index < -0.39 is 17.6 Å². The van der Waals surface area contributed by atoms with E-state index in [1.165, 1.54) is 12.1 Å². The Hall–Kier alpha value is -4.91. The lowest BCUT2D eigenvalue weighted by molar-refractivity contribution is -0.137. The molecule has 5 rings (SSSR count). The number of carbonyl (C=O) groups is 1. The second kappa shape index (κ2) is 11.2. The quantitative estimate of drug-likeness (QED) is 0.174. The van der Waals surface area contributed by atoms with Crippen molar-refractivity contribution in [1.82, 2.24) is 9.99 Å². The van der Waals surface area contributed by atoms with Gasteiger partial charge in [-0.3, -0.25) is 4.79 Å². The van der Waals surface area contributed by atoms with Gasteiger partial charge in [-0.05, 0) is 41.0 Å². The van der Waals surface area contributed by atoms with Gasteiger partial charge in [-0.1, -0.05) is 97.1 Å². The van der Waals surface area contributed by atoms with Crippen LogP contribution in [0.3, 0.4) is 0 Å². The first kappa shape index (κ1) is 25.7. The number of alkyl halides is 3. The lowest BCUT2D eigenvalue weighted by atomic mass is 10.1. The third-order valence-corrected chi connectivity index (χ3v) is 6.17. The highest BCUT2D eigenvalue weighted by Gasteiger charge is 2.30. The van der Waals surface area contributed by atoms with Crippen LogP contribution >= 0.6 is 0 Å². The molecule has 0 radical (unpaired) electrons. The smallest absolute Gasteiger partial charge is 0.309 e. The van der Waals surface area contributed by atoms with E-state index in [2.05, 4.69) is 15.1 Å². The maximum absolute atomic E-state index is 13.0. The van der Waals surface area contributed by atoms with Crippen molar-refractivity contribution in [3.05, 3.63) is 138 Å². The van der Waals surface area contributed by atoms with Crippen molar-refractivity contribution in [2.45, 2.75) is 12.6 Å². The lowest BCUT2D eigenvalue weighted by Crippen LogP contribution is -2.20. The number of nitrogens with zero attached hydrogens (tertiary/aromatic N) is 2. The number of hydrogen-bond donors (Lipinski definition) is 1. The number of hydrogen-bond acceptors (Lipinski definition) is 2. The monoisotopic (exact) mass is 523 g/mol. The predicted molar refractivity (Wildman–Crippen MR) is 148 cm³/mol. The highest BCUT2D eigenvalue weighted by atomic mass is 19.4. The predicted octanol–water partition coefficient (Wildman–Crippen LogP) is 7.52. The maximum atomic E-state index is 13.0. The summed E-state index contributed by atoms with van der Waals surface area (Å²) in [5, 5.41) is 4.18. The standard InChI is InChI=1S/C32H24F3N3O/c33-32(34,35)27-16-10-11-23(19-27)20-30(39)37-36-22-26-21-29(24-12-4-1-5-13-24)38(28-17-8-3-9-18-28)31(26)25-14-6-2-7-15-25/h1-19,21-22H,20H2,(H,37,39). The number of rotatable bonds is 7. The van der Waals surface area contributed by atoms with Crippen LogP contribution in [-0.4, -0.2) is 16.7 Å². The summed E-state index contributed by atoms with van der Waals surface area (Å²) in [5.74, 6) is -0.516. The molecule has 4 aromatic carbocycles. The van der Waals surface area contributed by atoms with Crippen LogP contribution in [0.5, 0.6) is 0 Å². The van der Waals surface area contributed by atoms with E-state index in [0.717, 1.165) is 45.9 Å². The maximum Gasteiger partial charge on any atom is 0.416 e. The largest absolute Gasteiger partial charge is 0.416 e. The molecule has 0 spiro atoms. The summed E-state index contributed by atoms with van der Waals surface area (Å²) < 4.78 is 41.2. The first-order valence-corrected chi connectivity index (χ1v) is 12.3. The molecule has 0 saturated carbocycles. The Labute approximate surface area is 224 Å². The number of benzene rings is 4. The zero-order chi connectivity index (χ0) is 27.2. The molecule has 1 heterocycles. The average Bonchev–Trinajstić information content (AvgIpc) is 3.33. The van der Waals surface area contributed by atoms with Gasteiger partial charge in [0.2, 0.25) is 5.91 Å². The SMILES string of the molecule is O=C(Cc1cccc(C(F)(F)F)c1)NN=Cc1cc(-c2ccccc2)n(-c2ccccc2)c1-c1ccccc1. The highest BCUT2D eigenvalue weighted by molar-refractivity contribution is 5.94. The first-order valence-electron chi connectivity index (χ1n) is 12.3. The van der Waals surface area contributed by atoms with Crippen LogP contribution in [0.1, 0.15) is 16.7 Å². The molecule has 0 aliphatic rings. The summed E-state index contributed by atoms with van der Waals surface area (Å²) >= 11 is 0. The van der Waals surface area contributed by atoms with Gasteiger partial charge in [0, 0.05) is 11.3 Å². The van der Waals surface area contributed by atoms with Gasteiger partial charge < -0.3 is 4.57 Å². The topological polar surface area (TPSA) is 46.4 Å². The second-order valence-corrected chi connectivity index (χ2v) is 8.90. The van der Waals surface area contributed by atoms with Gasteiger partial charge in [0.05, 0.1) is 29.6 Å². The minimum atomic E-state index is -4.47. The van der Waals surface area contributed by atoms with Crippen molar-refractivity contribution in [2.24, 2.45) is 5.10 Å². The molecule has 1 amide bonds. The molecule has 0 fully saturated rings.